The van der Waals surface area contributed by atoms with Crippen LogP contribution in [0.1, 0.15) is 58.4 Å². The van der Waals surface area contributed by atoms with Crippen molar-refractivity contribution in [3.63, 3.8) is 0 Å². The van der Waals surface area contributed by atoms with Crippen LogP contribution in [0.25, 0.3) is 11.0 Å². The van der Waals surface area contributed by atoms with E-state index in [1.165, 1.54) is 0 Å². The summed E-state index contributed by atoms with van der Waals surface area (Å²) in [6, 6.07) is 10.6. The smallest absolute Gasteiger partial charge is 0.229 e. The number of ether oxygens (including phenoxy) is 1. The fourth-order valence-electron chi connectivity index (χ4n) is 3.82. The summed E-state index contributed by atoms with van der Waals surface area (Å²) in [5.74, 6) is 0.472. The van der Waals surface area contributed by atoms with Crippen LogP contribution in [-0.4, -0.2) is 28.7 Å². The Labute approximate surface area is 156 Å². The minimum Gasteiger partial charge on any atom is -0.478 e. The van der Waals surface area contributed by atoms with Crippen molar-refractivity contribution in [1.29, 1.82) is 0 Å². The molecule has 2 aliphatic rings. The number of ketones is 2. The van der Waals surface area contributed by atoms with Gasteiger partial charge in [0, 0.05) is 28.6 Å². The third-order valence-electron chi connectivity index (χ3n) is 5.44. The Hall–Kier alpha value is -2.92. The molecule has 0 N–H and O–H groups in total. The third-order valence-corrected chi connectivity index (χ3v) is 5.44. The first-order valence-corrected chi connectivity index (χ1v) is 9.01. The molecule has 0 amide bonds. The Morgan fingerprint density at radius 2 is 1.67 bits per heavy atom. The average Bonchev–Trinajstić information content (AvgIpc) is 3.05. The molecule has 0 saturated carbocycles. The van der Waals surface area contributed by atoms with Gasteiger partial charge in [0.2, 0.25) is 5.78 Å². The molecule has 3 aromatic rings. The van der Waals surface area contributed by atoms with Crippen LogP contribution < -0.4 is 4.74 Å². The predicted molar refractivity (Wildman–Crippen MR) is 100 cm³/mol. The molecule has 0 atom stereocenters. The van der Waals surface area contributed by atoms with Crippen LogP contribution in [0.3, 0.4) is 0 Å². The second-order valence-corrected chi connectivity index (χ2v) is 8.07. The zero-order chi connectivity index (χ0) is 18.9. The van der Waals surface area contributed by atoms with Crippen molar-refractivity contribution >= 4 is 22.5 Å². The van der Waals surface area contributed by atoms with Gasteiger partial charge < -0.3 is 9.15 Å². The molecule has 0 fully saturated rings. The van der Waals surface area contributed by atoms with Crippen LogP contribution in [0.2, 0.25) is 0 Å². The van der Waals surface area contributed by atoms with Gasteiger partial charge in [0.05, 0.1) is 11.1 Å². The molecule has 5 rings (SSSR count). The zero-order valence-electron chi connectivity index (χ0n) is 15.5. The van der Waals surface area contributed by atoms with Crippen LogP contribution >= 0.6 is 0 Å². The van der Waals surface area contributed by atoms with Gasteiger partial charge in [0.25, 0.3) is 0 Å². The molecule has 2 aromatic carbocycles. The molecule has 1 aliphatic carbocycles. The van der Waals surface area contributed by atoms with Crippen LogP contribution in [0.5, 0.6) is 5.75 Å². The number of furan rings is 1. The van der Waals surface area contributed by atoms with Gasteiger partial charge >= 0.3 is 0 Å². The third kappa shape index (κ3) is 2.21. The summed E-state index contributed by atoms with van der Waals surface area (Å²) in [7, 11) is 0. The molecule has 0 bridgehead atoms. The Balaban J connectivity index is 1.74. The van der Waals surface area contributed by atoms with Gasteiger partial charge in [0.15, 0.2) is 11.5 Å². The Morgan fingerprint density at radius 3 is 2.37 bits per heavy atom. The quantitative estimate of drug-likeness (QED) is 0.471. The Kier molecular flexibility index (Phi) is 3.19. The monoisotopic (exact) mass is 361 g/mol. The van der Waals surface area contributed by atoms with Crippen molar-refractivity contribution in [2.45, 2.75) is 32.9 Å². The minimum atomic E-state index is -0.241. The Bertz CT molecular complexity index is 1130. The first kappa shape index (κ1) is 16.3. The molecule has 0 radical (unpaired) electrons. The summed E-state index contributed by atoms with van der Waals surface area (Å²) < 4.78 is 11.9. The van der Waals surface area contributed by atoms with E-state index in [1.807, 2.05) is 12.1 Å². The largest absolute Gasteiger partial charge is 0.478 e. The van der Waals surface area contributed by atoms with Crippen LogP contribution in [-0.2, 0) is 6.54 Å². The van der Waals surface area contributed by atoms with Crippen molar-refractivity contribution in [2.75, 3.05) is 6.73 Å². The lowest BCUT2D eigenvalue weighted by molar-refractivity contribution is 0.0221. The zero-order valence-corrected chi connectivity index (χ0v) is 15.5. The molecular weight excluding hydrogens is 342 g/mol. The number of carbonyl (C=O) groups is 2. The molecule has 5 nitrogen and oxygen atoms in total. The first-order chi connectivity index (χ1) is 12.9. The van der Waals surface area contributed by atoms with Crippen molar-refractivity contribution < 1.29 is 18.7 Å². The number of nitrogens with zero attached hydrogens (tertiary/aromatic N) is 1. The molecule has 2 heterocycles. The highest BCUT2D eigenvalue weighted by atomic mass is 16.5. The molecule has 1 aromatic heterocycles. The van der Waals surface area contributed by atoms with E-state index in [0.29, 0.717) is 40.9 Å². The summed E-state index contributed by atoms with van der Waals surface area (Å²) in [5, 5.41) is 0.677. The number of carbonyl (C=O) groups excluding carboxylic acids is 2. The van der Waals surface area contributed by atoms with E-state index in [9.17, 15) is 9.59 Å². The lowest BCUT2D eigenvalue weighted by Gasteiger charge is -2.38. The predicted octanol–water partition coefficient (Wildman–Crippen LogP) is 4.16. The van der Waals surface area contributed by atoms with Gasteiger partial charge in [0.1, 0.15) is 18.1 Å². The summed E-state index contributed by atoms with van der Waals surface area (Å²) >= 11 is 0. The lowest BCUT2D eigenvalue weighted by atomic mass is 9.87. The number of hydrogen-bond acceptors (Lipinski definition) is 5. The summed E-state index contributed by atoms with van der Waals surface area (Å²) in [6.07, 6.45) is 0. The topological polar surface area (TPSA) is 59.8 Å². The van der Waals surface area contributed by atoms with E-state index in [2.05, 4.69) is 25.7 Å². The van der Waals surface area contributed by atoms with Crippen LogP contribution in [0.15, 0.2) is 40.8 Å². The molecule has 1 aliphatic heterocycles. The highest BCUT2D eigenvalue weighted by Gasteiger charge is 2.37. The van der Waals surface area contributed by atoms with Gasteiger partial charge in [-0.25, -0.2) is 0 Å². The molecule has 136 valence electrons. The molecule has 0 spiro atoms. The molecule has 0 unspecified atom stereocenters. The van der Waals surface area contributed by atoms with Crippen molar-refractivity contribution in [1.82, 2.24) is 4.90 Å². The van der Waals surface area contributed by atoms with E-state index < -0.39 is 0 Å². The Morgan fingerprint density at radius 1 is 0.963 bits per heavy atom. The second kappa shape index (κ2) is 5.30. The van der Waals surface area contributed by atoms with Crippen molar-refractivity contribution in [3.8, 4) is 5.75 Å². The SMILES string of the molecule is CC(C)(C)N1COc2ccc3c4c(oc3c2C1)C(=O)c1ccccc1C4=O. The molecule has 5 heteroatoms. The number of benzene rings is 2. The van der Waals surface area contributed by atoms with Gasteiger partial charge in [-0.3, -0.25) is 14.5 Å². The standard InChI is InChI=1S/C22H19NO4/c1-22(2,3)23-10-15-16(26-11-23)9-8-14-17-18(24)12-6-4-5-7-13(12)19(25)21(17)27-20(14)15/h4-9H,10-11H2,1-3H3. The summed E-state index contributed by atoms with van der Waals surface area (Å²) in [6.45, 7) is 7.50. The van der Waals surface area contributed by atoms with Gasteiger partial charge in [-0.2, -0.15) is 0 Å². The minimum absolute atomic E-state index is 0.0755. The van der Waals surface area contributed by atoms with E-state index in [-0.39, 0.29) is 22.9 Å². The fourth-order valence-corrected chi connectivity index (χ4v) is 3.82. The highest BCUT2D eigenvalue weighted by molar-refractivity contribution is 6.31. The van der Waals surface area contributed by atoms with Crippen LogP contribution in [0.4, 0.5) is 0 Å². The van der Waals surface area contributed by atoms with Crippen molar-refractivity contribution in [2.24, 2.45) is 0 Å². The van der Waals surface area contributed by atoms with Gasteiger partial charge in [-0.05, 0) is 32.9 Å². The second-order valence-electron chi connectivity index (χ2n) is 8.07. The normalized spacial score (nSPS) is 16.7. The molecule has 27 heavy (non-hydrogen) atoms. The lowest BCUT2D eigenvalue weighted by Crippen LogP contribution is -2.45. The van der Waals surface area contributed by atoms with E-state index in [1.54, 1.807) is 24.3 Å². The summed E-state index contributed by atoms with van der Waals surface area (Å²) in [4.78, 5) is 28.2. The molecular formula is C22H19NO4. The first-order valence-electron chi connectivity index (χ1n) is 9.01. The van der Waals surface area contributed by atoms with Crippen LogP contribution in [0, 0.1) is 0 Å². The fraction of sp³-hybridized carbons (Fsp3) is 0.273. The van der Waals surface area contributed by atoms with Crippen molar-refractivity contribution in [3.05, 3.63) is 64.4 Å². The highest BCUT2D eigenvalue weighted by Crippen LogP contribution is 2.41. The van der Waals surface area contributed by atoms with Gasteiger partial charge in [-0.1, -0.05) is 24.3 Å². The van der Waals surface area contributed by atoms with E-state index >= 15 is 0 Å². The van der Waals surface area contributed by atoms with E-state index in [0.717, 1.165) is 11.3 Å². The number of fused-ring (bicyclic) bond motifs is 6. The maximum atomic E-state index is 13.1. The maximum absolute atomic E-state index is 13.1. The average molecular weight is 361 g/mol. The maximum Gasteiger partial charge on any atom is 0.229 e. The number of hydrogen-bond donors (Lipinski definition) is 0. The summed E-state index contributed by atoms with van der Waals surface area (Å²) in [5.41, 5.74) is 2.57. The molecule has 0 saturated heterocycles. The number of rotatable bonds is 0. The van der Waals surface area contributed by atoms with E-state index in [4.69, 9.17) is 9.15 Å². The van der Waals surface area contributed by atoms with Gasteiger partial charge in [-0.15, -0.1) is 0 Å².